The molecule has 112 valence electrons. The predicted octanol–water partition coefficient (Wildman–Crippen LogP) is 0.492. The van der Waals surface area contributed by atoms with Crippen molar-refractivity contribution in [3.63, 3.8) is 0 Å². The molecule has 1 aliphatic rings. The molecule has 0 aliphatic carbocycles. The van der Waals surface area contributed by atoms with Crippen molar-refractivity contribution in [2.45, 2.75) is 19.9 Å². The molecule has 2 rings (SSSR count). The first-order valence-corrected chi connectivity index (χ1v) is 6.13. The van der Waals surface area contributed by atoms with E-state index in [2.05, 4.69) is 10.4 Å². The largest absolute Gasteiger partial charge is 0.332 e. The van der Waals surface area contributed by atoms with E-state index in [0.29, 0.717) is 19.6 Å². The number of nitrogens with zero attached hydrogens (tertiary/aromatic N) is 4. The average molecular weight is 304 g/mol. The first-order valence-electron chi connectivity index (χ1n) is 6.13. The third kappa shape index (κ3) is 2.75. The van der Waals surface area contributed by atoms with Crippen LogP contribution in [0.3, 0.4) is 0 Å². The van der Waals surface area contributed by atoms with Crippen LogP contribution in [0.2, 0.25) is 0 Å². The molecule has 0 bridgehead atoms. The Balaban J connectivity index is 0.00000200. The standard InChI is InChI=1S/C11H17N5O3.ClH/c1-7-6-12-4-5-15(7)11(17)10-9(16(18)19)8(2)13-14(10)3;/h7,12H,4-6H2,1-3H3;1H/t7-;/m1./s1. The highest BCUT2D eigenvalue weighted by Gasteiger charge is 2.34. The first-order chi connectivity index (χ1) is 8.93. The number of carbonyl (C=O) groups is 1. The summed E-state index contributed by atoms with van der Waals surface area (Å²) in [4.78, 5) is 24.7. The molecule has 1 atom stereocenters. The minimum atomic E-state index is -0.539. The summed E-state index contributed by atoms with van der Waals surface area (Å²) in [6, 6.07) is 0.0102. The lowest BCUT2D eigenvalue weighted by molar-refractivity contribution is -0.385. The molecule has 1 N–H and O–H groups in total. The highest BCUT2D eigenvalue weighted by molar-refractivity contribution is 5.97. The van der Waals surface area contributed by atoms with Gasteiger partial charge in [0.1, 0.15) is 5.69 Å². The molecule has 1 amide bonds. The predicted molar refractivity (Wildman–Crippen MR) is 75.2 cm³/mol. The molecule has 0 spiro atoms. The van der Waals surface area contributed by atoms with Crippen LogP contribution in [-0.2, 0) is 7.05 Å². The SMILES string of the molecule is Cc1nn(C)c(C(=O)N2CCNC[C@H]2C)c1[N+](=O)[O-].Cl. The Morgan fingerprint density at radius 2 is 2.20 bits per heavy atom. The number of aromatic nitrogens is 2. The molecule has 1 aromatic heterocycles. The number of rotatable bonds is 2. The normalized spacial score (nSPS) is 18.6. The summed E-state index contributed by atoms with van der Waals surface area (Å²) in [6.07, 6.45) is 0. The smallest absolute Gasteiger partial charge is 0.322 e. The topological polar surface area (TPSA) is 93.3 Å². The maximum Gasteiger partial charge on any atom is 0.322 e. The van der Waals surface area contributed by atoms with E-state index >= 15 is 0 Å². The van der Waals surface area contributed by atoms with Crippen LogP contribution in [0.4, 0.5) is 5.69 Å². The summed E-state index contributed by atoms with van der Waals surface area (Å²) < 4.78 is 1.30. The lowest BCUT2D eigenvalue weighted by Gasteiger charge is -2.33. The second-order valence-corrected chi connectivity index (χ2v) is 4.72. The summed E-state index contributed by atoms with van der Waals surface area (Å²) >= 11 is 0. The zero-order chi connectivity index (χ0) is 14.2. The Kier molecular flexibility index (Phi) is 5.07. The Labute approximate surface area is 122 Å². The average Bonchev–Trinajstić information content (AvgIpc) is 2.64. The fourth-order valence-electron chi connectivity index (χ4n) is 2.38. The van der Waals surface area contributed by atoms with Gasteiger partial charge in [0.05, 0.1) is 4.92 Å². The van der Waals surface area contributed by atoms with Gasteiger partial charge in [-0.05, 0) is 13.8 Å². The Morgan fingerprint density at radius 3 is 2.75 bits per heavy atom. The van der Waals surface area contributed by atoms with Crippen molar-refractivity contribution in [1.29, 1.82) is 0 Å². The van der Waals surface area contributed by atoms with E-state index in [1.807, 2.05) is 6.92 Å². The van der Waals surface area contributed by atoms with Crippen molar-refractivity contribution in [2.75, 3.05) is 19.6 Å². The number of carbonyl (C=O) groups excluding carboxylic acids is 1. The van der Waals surface area contributed by atoms with Crippen LogP contribution < -0.4 is 5.32 Å². The molecule has 1 fully saturated rings. The van der Waals surface area contributed by atoms with Crippen LogP contribution in [0.5, 0.6) is 0 Å². The van der Waals surface area contributed by atoms with Gasteiger partial charge in [0, 0.05) is 32.7 Å². The molecule has 20 heavy (non-hydrogen) atoms. The highest BCUT2D eigenvalue weighted by Crippen LogP contribution is 2.24. The molecule has 0 radical (unpaired) electrons. The van der Waals surface area contributed by atoms with E-state index in [0.717, 1.165) is 0 Å². The van der Waals surface area contributed by atoms with Crippen molar-refractivity contribution < 1.29 is 9.72 Å². The Hall–Kier alpha value is -1.67. The number of aryl methyl sites for hydroxylation is 2. The van der Waals surface area contributed by atoms with E-state index in [4.69, 9.17) is 0 Å². The van der Waals surface area contributed by atoms with E-state index in [1.165, 1.54) is 11.6 Å². The van der Waals surface area contributed by atoms with Crippen molar-refractivity contribution in [3.8, 4) is 0 Å². The van der Waals surface area contributed by atoms with Gasteiger partial charge in [0.15, 0.2) is 0 Å². The lowest BCUT2D eigenvalue weighted by Crippen LogP contribution is -2.52. The van der Waals surface area contributed by atoms with Gasteiger partial charge in [0.25, 0.3) is 5.91 Å². The van der Waals surface area contributed by atoms with Gasteiger partial charge in [0.2, 0.25) is 5.69 Å². The number of piperazine rings is 1. The Morgan fingerprint density at radius 1 is 1.55 bits per heavy atom. The molecule has 0 aromatic carbocycles. The maximum absolute atomic E-state index is 12.5. The van der Waals surface area contributed by atoms with Crippen LogP contribution in [0.15, 0.2) is 0 Å². The molecular formula is C11H18ClN5O3. The third-order valence-corrected chi connectivity index (χ3v) is 3.34. The molecule has 1 aliphatic heterocycles. The fourth-order valence-corrected chi connectivity index (χ4v) is 2.38. The quantitative estimate of drug-likeness (QED) is 0.634. The van der Waals surface area contributed by atoms with E-state index in [9.17, 15) is 14.9 Å². The second-order valence-electron chi connectivity index (χ2n) is 4.72. The number of amides is 1. The lowest BCUT2D eigenvalue weighted by atomic mass is 10.2. The molecule has 9 heteroatoms. The maximum atomic E-state index is 12.5. The molecule has 2 heterocycles. The molecule has 1 saturated heterocycles. The van der Waals surface area contributed by atoms with Crippen LogP contribution in [0.1, 0.15) is 23.1 Å². The van der Waals surface area contributed by atoms with Crippen molar-refractivity contribution >= 4 is 24.0 Å². The zero-order valence-electron chi connectivity index (χ0n) is 11.6. The molecule has 0 saturated carbocycles. The van der Waals surface area contributed by atoms with Crippen molar-refractivity contribution in [1.82, 2.24) is 20.0 Å². The summed E-state index contributed by atoms with van der Waals surface area (Å²) in [5.74, 6) is -0.330. The number of hydrogen-bond donors (Lipinski definition) is 1. The summed E-state index contributed by atoms with van der Waals surface area (Å²) in [5, 5.41) is 18.3. The number of nitro groups is 1. The van der Waals surface area contributed by atoms with Gasteiger partial charge in [-0.15, -0.1) is 12.4 Å². The summed E-state index contributed by atoms with van der Waals surface area (Å²) in [6.45, 7) is 5.38. The summed E-state index contributed by atoms with van der Waals surface area (Å²) in [7, 11) is 1.56. The number of nitrogens with one attached hydrogen (secondary N) is 1. The van der Waals surface area contributed by atoms with Crippen LogP contribution in [0.25, 0.3) is 0 Å². The third-order valence-electron chi connectivity index (χ3n) is 3.34. The van der Waals surface area contributed by atoms with Crippen LogP contribution in [0, 0.1) is 17.0 Å². The number of hydrogen-bond acceptors (Lipinski definition) is 5. The minimum absolute atomic E-state index is 0. The van der Waals surface area contributed by atoms with Gasteiger partial charge < -0.3 is 10.2 Å². The van der Waals surface area contributed by atoms with Gasteiger partial charge in [-0.25, -0.2) is 0 Å². The number of halogens is 1. The van der Waals surface area contributed by atoms with Gasteiger partial charge >= 0.3 is 5.69 Å². The van der Waals surface area contributed by atoms with Gasteiger partial charge in [-0.3, -0.25) is 19.6 Å². The molecule has 8 nitrogen and oxygen atoms in total. The van der Waals surface area contributed by atoms with Gasteiger partial charge in [-0.2, -0.15) is 5.10 Å². The van der Waals surface area contributed by atoms with Crippen molar-refractivity contribution in [2.24, 2.45) is 7.05 Å². The van der Waals surface area contributed by atoms with E-state index < -0.39 is 4.92 Å². The van der Waals surface area contributed by atoms with Crippen LogP contribution >= 0.6 is 12.4 Å². The second kappa shape index (κ2) is 6.19. The fraction of sp³-hybridized carbons (Fsp3) is 0.636. The molecule has 1 aromatic rings. The highest BCUT2D eigenvalue weighted by atomic mass is 35.5. The summed E-state index contributed by atoms with van der Waals surface area (Å²) in [5.41, 5.74) is 0.119. The zero-order valence-corrected chi connectivity index (χ0v) is 12.4. The monoisotopic (exact) mass is 303 g/mol. The first kappa shape index (κ1) is 16.4. The molecule has 0 unspecified atom stereocenters. The van der Waals surface area contributed by atoms with Gasteiger partial charge in [-0.1, -0.05) is 0 Å². The minimum Gasteiger partial charge on any atom is -0.332 e. The Bertz CT molecular complexity index is 530. The van der Waals surface area contributed by atoms with Crippen LogP contribution in [-0.4, -0.2) is 51.2 Å². The molecular weight excluding hydrogens is 286 g/mol. The van der Waals surface area contributed by atoms with E-state index in [-0.39, 0.29) is 41.4 Å². The van der Waals surface area contributed by atoms with E-state index in [1.54, 1.807) is 11.9 Å². The van der Waals surface area contributed by atoms with Crippen molar-refractivity contribution in [3.05, 3.63) is 21.5 Å².